The Balaban J connectivity index is 1.65. The smallest absolute Gasteiger partial charge is 0.224 e. The first-order valence-corrected chi connectivity index (χ1v) is 10.3. The summed E-state index contributed by atoms with van der Waals surface area (Å²) in [6.45, 7) is 4.31. The molecule has 3 heterocycles. The average Bonchev–Trinajstić information content (AvgIpc) is 3.05. The van der Waals surface area contributed by atoms with Gasteiger partial charge < -0.3 is 14.8 Å². The molecule has 25 heavy (non-hydrogen) atoms. The first-order chi connectivity index (χ1) is 11.7. The minimum absolute atomic E-state index is 0.0409. The van der Waals surface area contributed by atoms with Gasteiger partial charge in [-0.1, -0.05) is 25.4 Å². The standard InChI is InChI=1S/C14H20Cl2N4O4S/c1-7(2)6-25(21,22)20-10-5-24-11-9(4-23-12(10)11)18-13-8(15)3-17-14(16)19-13/h3,7,9-12,20H,4-6H2,1-2H3,(H,17,18,19)/t9-,10-,11?,12?/m0/s1. The van der Waals surface area contributed by atoms with E-state index in [1.807, 2.05) is 13.8 Å². The van der Waals surface area contributed by atoms with Crippen molar-refractivity contribution < 1.29 is 17.9 Å². The molecule has 3 rings (SSSR count). The number of nitrogens with one attached hydrogen (secondary N) is 2. The van der Waals surface area contributed by atoms with E-state index in [9.17, 15) is 8.42 Å². The van der Waals surface area contributed by atoms with Crippen LogP contribution in [0.15, 0.2) is 6.20 Å². The Bertz CT molecular complexity index is 734. The molecule has 2 fully saturated rings. The summed E-state index contributed by atoms with van der Waals surface area (Å²) >= 11 is 11.9. The van der Waals surface area contributed by atoms with Crippen molar-refractivity contribution in [1.29, 1.82) is 0 Å². The molecule has 2 aliphatic heterocycles. The summed E-state index contributed by atoms with van der Waals surface area (Å²) in [4.78, 5) is 7.85. The van der Waals surface area contributed by atoms with Gasteiger partial charge in [0, 0.05) is 0 Å². The third kappa shape index (κ3) is 4.53. The van der Waals surface area contributed by atoms with Gasteiger partial charge in [0.1, 0.15) is 23.0 Å². The molecule has 2 aliphatic rings. The fourth-order valence-corrected chi connectivity index (χ4v) is 4.98. The van der Waals surface area contributed by atoms with Gasteiger partial charge in [0.25, 0.3) is 0 Å². The summed E-state index contributed by atoms with van der Waals surface area (Å²) in [5, 5.41) is 3.55. The predicted molar refractivity (Wildman–Crippen MR) is 94.5 cm³/mol. The highest BCUT2D eigenvalue weighted by Crippen LogP contribution is 2.31. The van der Waals surface area contributed by atoms with Crippen LogP contribution in [0, 0.1) is 5.92 Å². The van der Waals surface area contributed by atoms with E-state index in [0.717, 1.165) is 0 Å². The van der Waals surface area contributed by atoms with Crippen molar-refractivity contribution in [3.05, 3.63) is 16.5 Å². The number of nitrogens with zero attached hydrogens (tertiary/aromatic N) is 2. The Morgan fingerprint density at radius 3 is 2.56 bits per heavy atom. The van der Waals surface area contributed by atoms with Crippen LogP contribution in [-0.2, 0) is 19.5 Å². The highest BCUT2D eigenvalue weighted by Gasteiger charge is 2.49. The summed E-state index contributed by atoms with van der Waals surface area (Å²) in [7, 11) is -3.38. The molecule has 2 unspecified atom stereocenters. The average molecular weight is 411 g/mol. The lowest BCUT2D eigenvalue weighted by Gasteiger charge is -2.19. The van der Waals surface area contributed by atoms with Crippen LogP contribution in [0.1, 0.15) is 13.8 Å². The van der Waals surface area contributed by atoms with E-state index in [-0.39, 0.29) is 41.8 Å². The van der Waals surface area contributed by atoms with Crippen LogP contribution in [0.3, 0.4) is 0 Å². The van der Waals surface area contributed by atoms with Crippen LogP contribution in [0.5, 0.6) is 0 Å². The van der Waals surface area contributed by atoms with Crippen LogP contribution in [-0.4, -0.2) is 61.6 Å². The van der Waals surface area contributed by atoms with E-state index >= 15 is 0 Å². The molecule has 0 aromatic carbocycles. The third-order valence-electron chi connectivity index (χ3n) is 3.97. The highest BCUT2D eigenvalue weighted by molar-refractivity contribution is 7.89. The first kappa shape index (κ1) is 19.1. The van der Waals surface area contributed by atoms with Crippen molar-refractivity contribution in [3.63, 3.8) is 0 Å². The Kier molecular flexibility index (Phi) is 5.72. The molecular formula is C14H20Cl2N4O4S. The highest BCUT2D eigenvalue weighted by atomic mass is 35.5. The molecule has 0 radical (unpaired) electrons. The minimum atomic E-state index is -3.38. The second kappa shape index (κ2) is 7.50. The number of sulfonamides is 1. The van der Waals surface area contributed by atoms with E-state index in [1.165, 1.54) is 6.20 Å². The van der Waals surface area contributed by atoms with Gasteiger partial charge in [-0.15, -0.1) is 0 Å². The van der Waals surface area contributed by atoms with Crippen molar-refractivity contribution in [2.45, 2.75) is 38.1 Å². The summed E-state index contributed by atoms with van der Waals surface area (Å²) < 4.78 is 38.5. The number of fused-ring (bicyclic) bond motifs is 1. The van der Waals surface area contributed by atoms with E-state index in [2.05, 4.69) is 20.0 Å². The van der Waals surface area contributed by atoms with Gasteiger partial charge in [0.05, 0.1) is 37.2 Å². The lowest BCUT2D eigenvalue weighted by molar-refractivity contribution is 0.0690. The van der Waals surface area contributed by atoms with Gasteiger partial charge in [-0.25, -0.2) is 18.1 Å². The first-order valence-electron chi connectivity index (χ1n) is 7.93. The van der Waals surface area contributed by atoms with Crippen LogP contribution >= 0.6 is 23.2 Å². The van der Waals surface area contributed by atoms with Gasteiger partial charge in [-0.05, 0) is 17.5 Å². The molecule has 11 heteroatoms. The topological polar surface area (TPSA) is 102 Å². The van der Waals surface area contributed by atoms with E-state index in [0.29, 0.717) is 17.4 Å². The van der Waals surface area contributed by atoms with E-state index < -0.39 is 16.1 Å². The number of aromatic nitrogens is 2. The molecule has 0 spiro atoms. The van der Waals surface area contributed by atoms with E-state index in [4.69, 9.17) is 32.7 Å². The molecule has 0 bridgehead atoms. The zero-order valence-corrected chi connectivity index (χ0v) is 16.1. The van der Waals surface area contributed by atoms with Gasteiger partial charge >= 0.3 is 0 Å². The number of hydrogen-bond acceptors (Lipinski definition) is 7. The fraction of sp³-hybridized carbons (Fsp3) is 0.714. The van der Waals surface area contributed by atoms with Crippen molar-refractivity contribution in [2.75, 3.05) is 24.3 Å². The number of anilines is 1. The van der Waals surface area contributed by atoms with E-state index in [1.54, 1.807) is 0 Å². The lowest BCUT2D eigenvalue weighted by atomic mass is 10.1. The molecule has 2 N–H and O–H groups in total. The molecule has 1 aromatic rings. The Morgan fingerprint density at radius 2 is 1.88 bits per heavy atom. The number of halogens is 2. The minimum Gasteiger partial charge on any atom is -0.371 e. The van der Waals surface area contributed by atoms with Gasteiger partial charge in [-0.3, -0.25) is 0 Å². The molecule has 1 aromatic heterocycles. The molecule has 2 saturated heterocycles. The van der Waals surface area contributed by atoms with Crippen LogP contribution in [0.25, 0.3) is 0 Å². The van der Waals surface area contributed by atoms with Gasteiger partial charge in [0.15, 0.2) is 0 Å². The third-order valence-corrected chi connectivity index (χ3v) is 6.20. The Hall–Kier alpha value is -0.710. The maximum absolute atomic E-state index is 12.2. The molecule has 0 aliphatic carbocycles. The quantitative estimate of drug-likeness (QED) is 0.681. The zero-order chi connectivity index (χ0) is 18.2. The van der Waals surface area contributed by atoms with Gasteiger partial charge in [-0.2, -0.15) is 4.98 Å². The predicted octanol–water partition coefficient (Wildman–Crippen LogP) is 1.31. The monoisotopic (exact) mass is 410 g/mol. The Labute approximate surface area is 156 Å². The summed E-state index contributed by atoms with van der Waals surface area (Å²) in [6.07, 6.45) is 0.734. The maximum Gasteiger partial charge on any atom is 0.224 e. The molecule has 0 amide bonds. The number of ether oxygens (including phenoxy) is 2. The maximum atomic E-state index is 12.2. The lowest BCUT2D eigenvalue weighted by Crippen LogP contribution is -2.45. The van der Waals surface area contributed by atoms with Crippen molar-refractivity contribution >= 4 is 39.0 Å². The largest absolute Gasteiger partial charge is 0.371 e. The number of rotatable bonds is 6. The molecule has 0 saturated carbocycles. The second-order valence-electron chi connectivity index (χ2n) is 6.58. The normalized spacial score (nSPS) is 29.2. The zero-order valence-electron chi connectivity index (χ0n) is 13.8. The molecule has 140 valence electrons. The molecular weight excluding hydrogens is 391 g/mol. The van der Waals surface area contributed by atoms with Crippen LogP contribution in [0.4, 0.5) is 5.82 Å². The molecule has 4 atom stereocenters. The SMILES string of the molecule is CC(C)CS(=O)(=O)N[C@H]1COC2C1OC[C@@H]2Nc1nc(Cl)ncc1Cl. The summed E-state index contributed by atoms with van der Waals surface area (Å²) in [5.41, 5.74) is 0. The number of hydrogen-bond donors (Lipinski definition) is 2. The molecule has 8 nitrogen and oxygen atoms in total. The van der Waals surface area contributed by atoms with Gasteiger partial charge in [0.2, 0.25) is 15.3 Å². The summed E-state index contributed by atoms with van der Waals surface area (Å²) in [5.74, 6) is 0.500. The van der Waals surface area contributed by atoms with Crippen molar-refractivity contribution in [2.24, 2.45) is 5.92 Å². The Morgan fingerprint density at radius 1 is 1.24 bits per heavy atom. The van der Waals surface area contributed by atoms with Crippen molar-refractivity contribution in [3.8, 4) is 0 Å². The second-order valence-corrected chi connectivity index (χ2v) is 9.13. The van der Waals surface area contributed by atoms with Crippen LogP contribution < -0.4 is 10.0 Å². The summed E-state index contributed by atoms with van der Waals surface area (Å²) in [6, 6.07) is -0.627. The van der Waals surface area contributed by atoms with Crippen LogP contribution in [0.2, 0.25) is 10.3 Å². The fourth-order valence-electron chi connectivity index (χ4n) is 3.06. The van der Waals surface area contributed by atoms with Crippen molar-refractivity contribution in [1.82, 2.24) is 14.7 Å².